The van der Waals surface area contributed by atoms with Gasteiger partial charge in [0.25, 0.3) is 0 Å². The molecule has 0 spiro atoms. The van der Waals surface area contributed by atoms with E-state index in [-0.39, 0.29) is 11.9 Å². The maximum Gasteiger partial charge on any atom is 0.311 e. The molecule has 5 rings (SSSR count). The molecule has 0 saturated heterocycles. The second-order valence-corrected chi connectivity index (χ2v) is 9.80. The molecule has 3 atom stereocenters. The molecule has 3 heterocycles. The van der Waals surface area contributed by atoms with E-state index in [0.29, 0.717) is 17.0 Å². The van der Waals surface area contributed by atoms with E-state index in [2.05, 4.69) is 4.98 Å². The summed E-state index contributed by atoms with van der Waals surface area (Å²) in [5, 5.41) is 12.2. The molecule has 6 heteroatoms. The van der Waals surface area contributed by atoms with Crippen LogP contribution in [0, 0.1) is 18.3 Å². The molecule has 1 aliphatic carbocycles. The van der Waals surface area contributed by atoms with Gasteiger partial charge in [0, 0.05) is 18.0 Å². The fourth-order valence-electron chi connectivity index (χ4n) is 4.46. The highest BCUT2D eigenvalue weighted by molar-refractivity contribution is 5.76. The van der Waals surface area contributed by atoms with Crippen LogP contribution < -0.4 is 4.74 Å². The van der Waals surface area contributed by atoms with Crippen molar-refractivity contribution in [1.29, 1.82) is 0 Å². The average Bonchev–Trinajstić information content (AvgIpc) is 3.51. The van der Waals surface area contributed by atoms with Crippen molar-refractivity contribution in [1.82, 2.24) is 9.38 Å². The van der Waals surface area contributed by atoms with Gasteiger partial charge in [-0.1, -0.05) is 30.3 Å². The van der Waals surface area contributed by atoms with Gasteiger partial charge >= 0.3 is 5.97 Å². The molecule has 162 valence electrons. The molecule has 31 heavy (non-hydrogen) atoms. The Hall–Kier alpha value is -2.86. The van der Waals surface area contributed by atoms with Crippen molar-refractivity contribution in [3.8, 4) is 5.75 Å². The van der Waals surface area contributed by atoms with E-state index < -0.39 is 23.2 Å². The van der Waals surface area contributed by atoms with Crippen molar-refractivity contribution in [2.45, 2.75) is 58.3 Å². The number of carbonyl (C=O) groups is 1. The first-order chi connectivity index (χ1) is 14.7. The summed E-state index contributed by atoms with van der Waals surface area (Å²) in [4.78, 5) is 17.6. The highest BCUT2D eigenvalue weighted by atomic mass is 16.6. The minimum absolute atomic E-state index is 0.00219. The molecule has 1 aromatic carbocycles. The summed E-state index contributed by atoms with van der Waals surface area (Å²) in [5.41, 5.74) is 0.975. The molecule has 1 fully saturated rings. The summed E-state index contributed by atoms with van der Waals surface area (Å²) in [6.07, 6.45) is 4.06. The molecule has 2 aromatic heterocycles. The van der Waals surface area contributed by atoms with Crippen molar-refractivity contribution in [3.05, 3.63) is 65.6 Å². The van der Waals surface area contributed by atoms with Crippen LogP contribution in [-0.2, 0) is 15.1 Å². The second-order valence-electron chi connectivity index (χ2n) is 9.80. The van der Waals surface area contributed by atoms with Gasteiger partial charge < -0.3 is 19.0 Å². The maximum atomic E-state index is 13.0. The van der Waals surface area contributed by atoms with Crippen LogP contribution in [0.15, 0.2) is 48.8 Å². The van der Waals surface area contributed by atoms with E-state index in [1.54, 1.807) is 0 Å². The molecule has 0 unspecified atom stereocenters. The topological polar surface area (TPSA) is 73.1 Å². The molecule has 0 amide bonds. The first kappa shape index (κ1) is 20.1. The molecule has 6 nitrogen and oxygen atoms in total. The van der Waals surface area contributed by atoms with Gasteiger partial charge in [0.15, 0.2) is 23.6 Å². The number of fused-ring (bicyclic) bond motifs is 3. The molecule has 0 bridgehead atoms. The van der Waals surface area contributed by atoms with E-state index >= 15 is 0 Å². The highest BCUT2D eigenvalue weighted by Crippen LogP contribution is 2.57. The monoisotopic (exact) mass is 420 g/mol. The number of rotatable bonds is 3. The smallest absolute Gasteiger partial charge is 0.311 e. The van der Waals surface area contributed by atoms with Crippen LogP contribution in [0.2, 0.25) is 0 Å². The molecule has 1 N–H and O–H groups in total. The van der Waals surface area contributed by atoms with Gasteiger partial charge in [-0.25, -0.2) is 4.98 Å². The number of hydrogen-bond acceptors (Lipinski definition) is 5. The van der Waals surface area contributed by atoms with Gasteiger partial charge in [-0.05, 0) is 58.1 Å². The normalized spacial score (nSPS) is 25.7. The summed E-state index contributed by atoms with van der Waals surface area (Å²) in [7, 11) is 0. The molecule has 1 saturated carbocycles. The van der Waals surface area contributed by atoms with Crippen LogP contribution in [0.5, 0.6) is 5.75 Å². The van der Waals surface area contributed by atoms with Gasteiger partial charge in [0.2, 0.25) is 0 Å². The van der Waals surface area contributed by atoms with E-state index in [9.17, 15) is 9.90 Å². The lowest BCUT2D eigenvalue weighted by Gasteiger charge is -2.45. The van der Waals surface area contributed by atoms with E-state index in [4.69, 9.17) is 9.47 Å². The first-order valence-corrected chi connectivity index (χ1v) is 10.8. The number of imidazole rings is 1. The summed E-state index contributed by atoms with van der Waals surface area (Å²) in [5.74, 6) is 0.196. The van der Waals surface area contributed by atoms with E-state index in [0.717, 1.165) is 24.1 Å². The van der Waals surface area contributed by atoms with Crippen LogP contribution in [0.25, 0.3) is 5.65 Å². The zero-order valence-electron chi connectivity index (χ0n) is 18.3. The molecule has 1 aliphatic heterocycles. The van der Waals surface area contributed by atoms with Crippen molar-refractivity contribution < 1.29 is 19.4 Å². The zero-order valence-corrected chi connectivity index (χ0v) is 18.3. The molecule has 0 radical (unpaired) electrons. The number of aliphatic hydroxyl groups is 1. The first-order valence-electron chi connectivity index (χ1n) is 10.8. The number of pyridine rings is 1. The minimum atomic E-state index is -1.35. The molecule has 3 aromatic rings. The Morgan fingerprint density at radius 1 is 1.23 bits per heavy atom. The third-order valence-corrected chi connectivity index (χ3v) is 6.26. The Balaban J connectivity index is 1.72. The van der Waals surface area contributed by atoms with Crippen molar-refractivity contribution >= 4 is 11.6 Å². The number of esters is 1. The fourth-order valence-corrected chi connectivity index (χ4v) is 4.46. The molecular formula is C25H28N2O4. The van der Waals surface area contributed by atoms with Crippen LogP contribution in [0.3, 0.4) is 0 Å². The van der Waals surface area contributed by atoms with E-state index in [1.165, 1.54) is 0 Å². The lowest BCUT2D eigenvalue weighted by atomic mass is 9.77. The minimum Gasteiger partial charge on any atom is -0.477 e. The number of aromatic nitrogens is 2. The van der Waals surface area contributed by atoms with Crippen molar-refractivity contribution in [3.63, 3.8) is 0 Å². The Labute approximate surface area is 181 Å². The van der Waals surface area contributed by atoms with Crippen LogP contribution in [0.4, 0.5) is 0 Å². The van der Waals surface area contributed by atoms with Gasteiger partial charge in [0.05, 0.1) is 11.1 Å². The SMILES string of the molecule is Cc1cn2ccc3c(c2n1)O[C@H](c1ccccc1)[C@@H](OC(=O)C(C)(C)C)[C@]3(O)C1CC1. The Bertz CT molecular complexity index is 1140. The Morgan fingerprint density at radius 3 is 2.58 bits per heavy atom. The Kier molecular flexibility index (Phi) is 4.42. The lowest BCUT2D eigenvalue weighted by molar-refractivity contribution is -0.200. The zero-order chi connectivity index (χ0) is 22.0. The number of benzene rings is 1. The molecular weight excluding hydrogens is 392 g/mol. The quantitative estimate of drug-likeness (QED) is 0.639. The third-order valence-electron chi connectivity index (χ3n) is 6.26. The Morgan fingerprint density at radius 2 is 1.94 bits per heavy atom. The summed E-state index contributed by atoms with van der Waals surface area (Å²) in [6.45, 7) is 7.38. The van der Waals surface area contributed by atoms with Crippen LogP contribution in [0.1, 0.15) is 56.5 Å². The van der Waals surface area contributed by atoms with Crippen LogP contribution >= 0.6 is 0 Å². The number of hydrogen-bond donors (Lipinski definition) is 1. The van der Waals surface area contributed by atoms with Crippen molar-refractivity contribution in [2.24, 2.45) is 11.3 Å². The highest BCUT2D eigenvalue weighted by Gasteiger charge is 2.60. The van der Waals surface area contributed by atoms with Crippen LogP contribution in [-0.4, -0.2) is 26.6 Å². The summed E-state index contributed by atoms with van der Waals surface area (Å²) >= 11 is 0. The van der Waals surface area contributed by atoms with Gasteiger partial charge in [0.1, 0.15) is 5.60 Å². The predicted octanol–water partition coefficient (Wildman–Crippen LogP) is 4.33. The van der Waals surface area contributed by atoms with Crippen molar-refractivity contribution in [2.75, 3.05) is 0 Å². The summed E-state index contributed by atoms with van der Waals surface area (Å²) < 4.78 is 14.5. The predicted molar refractivity (Wildman–Crippen MR) is 116 cm³/mol. The summed E-state index contributed by atoms with van der Waals surface area (Å²) in [6, 6.07) is 11.5. The largest absolute Gasteiger partial charge is 0.477 e. The fraction of sp³-hybridized carbons (Fsp3) is 0.440. The van der Waals surface area contributed by atoms with E-state index in [1.807, 2.05) is 80.9 Å². The second kappa shape index (κ2) is 6.82. The maximum absolute atomic E-state index is 13.0. The number of ether oxygens (including phenoxy) is 2. The van der Waals surface area contributed by atoms with Gasteiger partial charge in [-0.2, -0.15) is 0 Å². The third kappa shape index (κ3) is 3.21. The van der Waals surface area contributed by atoms with Gasteiger partial charge in [-0.3, -0.25) is 4.79 Å². The number of nitrogens with zero attached hydrogens (tertiary/aromatic N) is 2. The number of aryl methyl sites for hydroxylation is 1. The lowest BCUT2D eigenvalue weighted by Crippen LogP contribution is -2.53. The van der Waals surface area contributed by atoms with Gasteiger partial charge in [-0.15, -0.1) is 0 Å². The number of carbonyl (C=O) groups excluding carboxylic acids is 1. The average molecular weight is 421 g/mol. The molecule has 2 aliphatic rings. The standard InChI is InChI=1S/C25H28N2O4/c1-15-14-27-13-12-18-20(22(27)26-15)30-19(16-8-6-5-7-9-16)21(25(18,29)17-10-11-17)31-23(28)24(2,3)4/h5-9,12-14,17,19,21,29H,10-11H2,1-4H3/t19-,21-,25+/m1/s1.